The molecule has 2 aromatic rings. The van der Waals surface area contributed by atoms with Crippen LogP contribution in [0.25, 0.3) is 11.1 Å². The van der Waals surface area contributed by atoms with Crippen LogP contribution in [0.5, 0.6) is 0 Å². The lowest BCUT2D eigenvalue weighted by molar-refractivity contribution is -0.131. The average molecular weight is 344 g/mol. The van der Waals surface area contributed by atoms with Crippen LogP contribution in [0.4, 0.5) is 0 Å². The van der Waals surface area contributed by atoms with Gasteiger partial charge in [0.15, 0.2) is 5.78 Å². The van der Waals surface area contributed by atoms with E-state index in [1.54, 1.807) is 6.07 Å². The Hall–Kier alpha value is -2.94. The van der Waals surface area contributed by atoms with E-state index in [1.807, 2.05) is 30.3 Å². The van der Waals surface area contributed by atoms with Gasteiger partial charge in [0.05, 0.1) is 5.57 Å². The first-order valence-corrected chi connectivity index (χ1v) is 9.10. The summed E-state index contributed by atoms with van der Waals surface area (Å²) < 4.78 is 5.40. The highest BCUT2D eigenvalue weighted by Gasteiger charge is 2.36. The van der Waals surface area contributed by atoms with Gasteiger partial charge in [0.2, 0.25) is 0 Å². The molecule has 0 atom stereocenters. The van der Waals surface area contributed by atoms with Crippen LogP contribution in [0, 0.1) is 0 Å². The van der Waals surface area contributed by atoms with E-state index in [2.05, 4.69) is 19.1 Å². The molecule has 0 fully saturated rings. The summed E-state index contributed by atoms with van der Waals surface area (Å²) in [6, 6.07) is 15.5. The van der Waals surface area contributed by atoms with Gasteiger partial charge in [-0.05, 0) is 29.5 Å². The Labute approximate surface area is 153 Å². The van der Waals surface area contributed by atoms with Crippen LogP contribution in [0.15, 0.2) is 60.4 Å². The predicted molar refractivity (Wildman–Crippen MR) is 101 cm³/mol. The topological polar surface area (TPSA) is 43.4 Å². The van der Waals surface area contributed by atoms with E-state index in [0.717, 1.165) is 23.1 Å². The Morgan fingerprint density at radius 1 is 0.846 bits per heavy atom. The molecule has 0 bridgehead atoms. The standard InChI is InChI=1S/C23H20O3/c1-2-3-4-7-15-10-12-16(13-11-15)21-22-18-9-6-5-8-17(18)19(24)14-20(22)26-23(21)25/h5-6,8-14H,2-4,7H2,1H3. The Morgan fingerprint density at radius 2 is 1.58 bits per heavy atom. The van der Waals surface area contributed by atoms with Gasteiger partial charge in [-0.25, -0.2) is 4.79 Å². The second kappa shape index (κ2) is 6.75. The van der Waals surface area contributed by atoms with E-state index in [4.69, 9.17) is 4.74 Å². The first-order chi connectivity index (χ1) is 12.7. The van der Waals surface area contributed by atoms with E-state index in [0.29, 0.717) is 16.9 Å². The van der Waals surface area contributed by atoms with Crippen molar-refractivity contribution in [2.75, 3.05) is 0 Å². The summed E-state index contributed by atoms with van der Waals surface area (Å²) in [5, 5.41) is 0. The summed E-state index contributed by atoms with van der Waals surface area (Å²) in [5.41, 5.74) is 4.74. The summed E-state index contributed by atoms with van der Waals surface area (Å²) in [6.45, 7) is 2.19. The summed E-state index contributed by atoms with van der Waals surface area (Å²) in [4.78, 5) is 24.8. The minimum absolute atomic E-state index is 0.125. The van der Waals surface area contributed by atoms with Crippen molar-refractivity contribution in [2.45, 2.75) is 32.6 Å². The van der Waals surface area contributed by atoms with Gasteiger partial charge in [-0.15, -0.1) is 0 Å². The number of rotatable bonds is 5. The monoisotopic (exact) mass is 344 g/mol. The van der Waals surface area contributed by atoms with Crippen LogP contribution in [0.1, 0.15) is 53.2 Å². The molecule has 0 saturated carbocycles. The number of aryl methyl sites for hydroxylation is 1. The van der Waals surface area contributed by atoms with E-state index in [-0.39, 0.29) is 5.78 Å². The molecule has 0 saturated heterocycles. The Bertz CT molecular complexity index is 946. The van der Waals surface area contributed by atoms with Crippen molar-refractivity contribution in [2.24, 2.45) is 0 Å². The number of carbonyl (C=O) groups excluding carboxylic acids is 2. The minimum atomic E-state index is -0.394. The second-order valence-corrected chi connectivity index (χ2v) is 6.71. The number of allylic oxidation sites excluding steroid dienone is 2. The SMILES string of the molecule is CCCCCc1ccc(C2=C3C(=CC(=O)c4ccccc43)OC2=O)cc1. The number of hydrogen-bond acceptors (Lipinski definition) is 3. The van der Waals surface area contributed by atoms with Crippen LogP contribution < -0.4 is 0 Å². The normalized spacial score (nSPS) is 15.5. The summed E-state index contributed by atoms with van der Waals surface area (Å²) in [7, 11) is 0. The third-order valence-corrected chi connectivity index (χ3v) is 4.94. The lowest BCUT2D eigenvalue weighted by Gasteiger charge is -2.14. The number of carbonyl (C=O) groups is 2. The molecule has 2 aliphatic rings. The van der Waals surface area contributed by atoms with Crippen molar-refractivity contribution in [3.05, 3.63) is 82.6 Å². The summed E-state index contributed by atoms with van der Waals surface area (Å²) in [6.07, 6.45) is 6.07. The van der Waals surface area contributed by atoms with Gasteiger partial charge in [-0.3, -0.25) is 4.79 Å². The molecule has 26 heavy (non-hydrogen) atoms. The number of unbranched alkanes of at least 4 members (excludes halogenated alkanes) is 2. The third kappa shape index (κ3) is 2.80. The van der Waals surface area contributed by atoms with E-state index < -0.39 is 5.97 Å². The quantitative estimate of drug-likeness (QED) is 0.568. The maximum absolute atomic E-state index is 12.5. The molecule has 0 aromatic heterocycles. The zero-order valence-corrected chi connectivity index (χ0v) is 14.7. The molecular formula is C23H20O3. The second-order valence-electron chi connectivity index (χ2n) is 6.71. The average Bonchev–Trinajstić information content (AvgIpc) is 2.99. The number of benzene rings is 2. The largest absolute Gasteiger partial charge is 0.422 e. The van der Waals surface area contributed by atoms with Gasteiger partial charge in [0.25, 0.3) is 0 Å². The maximum atomic E-state index is 12.5. The molecule has 2 aromatic carbocycles. The molecule has 0 N–H and O–H groups in total. The lowest BCUT2D eigenvalue weighted by atomic mass is 9.86. The lowest BCUT2D eigenvalue weighted by Crippen LogP contribution is -2.08. The highest BCUT2D eigenvalue weighted by atomic mass is 16.5. The van der Waals surface area contributed by atoms with Crippen molar-refractivity contribution in [3.8, 4) is 0 Å². The smallest absolute Gasteiger partial charge is 0.344 e. The summed E-state index contributed by atoms with van der Waals surface area (Å²) >= 11 is 0. The molecule has 0 amide bonds. The van der Waals surface area contributed by atoms with Crippen LogP contribution >= 0.6 is 0 Å². The molecule has 3 heteroatoms. The van der Waals surface area contributed by atoms with Gasteiger partial charge in [0, 0.05) is 17.2 Å². The fraction of sp³-hybridized carbons (Fsp3) is 0.217. The molecule has 1 aliphatic heterocycles. The van der Waals surface area contributed by atoms with E-state index >= 15 is 0 Å². The van der Waals surface area contributed by atoms with Crippen LogP contribution in [0.2, 0.25) is 0 Å². The predicted octanol–water partition coefficient (Wildman–Crippen LogP) is 4.97. The van der Waals surface area contributed by atoms with Crippen LogP contribution in [-0.4, -0.2) is 11.8 Å². The highest BCUT2D eigenvalue weighted by molar-refractivity contribution is 6.33. The Morgan fingerprint density at radius 3 is 2.31 bits per heavy atom. The van der Waals surface area contributed by atoms with E-state index in [1.165, 1.54) is 30.9 Å². The molecule has 0 spiro atoms. The van der Waals surface area contributed by atoms with E-state index in [9.17, 15) is 9.59 Å². The molecule has 1 heterocycles. The fourth-order valence-electron chi connectivity index (χ4n) is 3.59. The molecule has 3 nitrogen and oxygen atoms in total. The first-order valence-electron chi connectivity index (χ1n) is 9.10. The van der Waals surface area contributed by atoms with Gasteiger partial charge in [-0.2, -0.15) is 0 Å². The molecule has 1 aliphatic carbocycles. The van der Waals surface area contributed by atoms with Gasteiger partial charge in [-0.1, -0.05) is 68.3 Å². The van der Waals surface area contributed by atoms with Crippen LogP contribution in [0.3, 0.4) is 0 Å². The minimum Gasteiger partial charge on any atom is -0.422 e. The number of ether oxygens (including phenoxy) is 1. The molecule has 4 rings (SSSR count). The zero-order chi connectivity index (χ0) is 18.1. The maximum Gasteiger partial charge on any atom is 0.344 e. The fourth-order valence-corrected chi connectivity index (χ4v) is 3.59. The molecule has 0 unspecified atom stereocenters. The summed E-state index contributed by atoms with van der Waals surface area (Å²) in [5.74, 6) is -0.158. The first kappa shape index (κ1) is 16.5. The van der Waals surface area contributed by atoms with Crippen molar-refractivity contribution in [3.63, 3.8) is 0 Å². The number of hydrogen-bond donors (Lipinski definition) is 0. The van der Waals surface area contributed by atoms with Crippen molar-refractivity contribution >= 4 is 22.9 Å². The van der Waals surface area contributed by atoms with Gasteiger partial charge >= 0.3 is 5.97 Å². The number of fused-ring (bicyclic) bond motifs is 3. The van der Waals surface area contributed by atoms with Gasteiger partial charge in [0.1, 0.15) is 5.76 Å². The molecule has 0 radical (unpaired) electrons. The number of esters is 1. The highest BCUT2D eigenvalue weighted by Crippen LogP contribution is 2.43. The third-order valence-electron chi connectivity index (χ3n) is 4.94. The van der Waals surface area contributed by atoms with Crippen molar-refractivity contribution < 1.29 is 14.3 Å². The van der Waals surface area contributed by atoms with Crippen molar-refractivity contribution in [1.29, 1.82) is 0 Å². The van der Waals surface area contributed by atoms with Gasteiger partial charge < -0.3 is 4.74 Å². The van der Waals surface area contributed by atoms with Crippen LogP contribution in [-0.2, 0) is 16.0 Å². The Kier molecular flexibility index (Phi) is 4.29. The van der Waals surface area contributed by atoms with Crippen molar-refractivity contribution in [1.82, 2.24) is 0 Å². The Balaban J connectivity index is 1.76. The molecule has 130 valence electrons. The zero-order valence-electron chi connectivity index (χ0n) is 14.7. The molecular weight excluding hydrogens is 324 g/mol. The number of ketones is 1.